The molecule has 1 aliphatic rings. The summed E-state index contributed by atoms with van der Waals surface area (Å²) in [7, 11) is 0. The molecule has 1 saturated heterocycles. The number of hydrogen-bond acceptors (Lipinski definition) is 3. The first-order chi connectivity index (χ1) is 12.8. The summed E-state index contributed by atoms with van der Waals surface area (Å²) in [6.07, 6.45) is 0. The average molecular weight is 402 g/mol. The van der Waals surface area contributed by atoms with Crippen LogP contribution in [0.3, 0.4) is 0 Å². The van der Waals surface area contributed by atoms with E-state index in [1.807, 2.05) is 29.2 Å². The van der Waals surface area contributed by atoms with Gasteiger partial charge in [0.15, 0.2) is 0 Å². The molecule has 0 unspecified atom stereocenters. The highest BCUT2D eigenvalue weighted by molar-refractivity contribution is 5.85. The Morgan fingerprint density at radius 2 is 1.61 bits per heavy atom. The molecule has 0 aromatic heterocycles. The van der Waals surface area contributed by atoms with Gasteiger partial charge in [-0.15, -0.1) is 12.4 Å². The normalized spacial score (nSPS) is 19.9. The van der Waals surface area contributed by atoms with Gasteiger partial charge in [0.25, 0.3) is 0 Å². The van der Waals surface area contributed by atoms with Crippen LogP contribution in [0, 0.1) is 0 Å². The van der Waals surface area contributed by atoms with Gasteiger partial charge in [0, 0.05) is 37.1 Å². The van der Waals surface area contributed by atoms with Crippen molar-refractivity contribution in [1.29, 1.82) is 0 Å². The van der Waals surface area contributed by atoms with Crippen LogP contribution in [0.5, 0.6) is 0 Å². The summed E-state index contributed by atoms with van der Waals surface area (Å²) < 4.78 is 0. The highest BCUT2D eigenvalue weighted by atomic mass is 35.5. The SMILES string of the molecule is CC(C)(C)N(Cc1ccccc1)C(=O)CN1C[C@@H](N)[C@H](c2ccccc2)C1.Cl. The third kappa shape index (κ3) is 5.57. The van der Waals surface area contributed by atoms with E-state index < -0.39 is 0 Å². The van der Waals surface area contributed by atoms with Gasteiger partial charge >= 0.3 is 0 Å². The molecule has 3 rings (SSSR count). The van der Waals surface area contributed by atoms with E-state index in [1.54, 1.807) is 0 Å². The van der Waals surface area contributed by atoms with Crippen LogP contribution in [0.2, 0.25) is 0 Å². The summed E-state index contributed by atoms with van der Waals surface area (Å²) in [5.41, 5.74) is 8.58. The lowest BCUT2D eigenvalue weighted by Gasteiger charge is -2.37. The first-order valence-corrected chi connectivity index (χ1v) is 9.72. The van der Waals surface area contributed by atoms with E-state index in [1.165, 1.54) is 5.56 Å². The van der Waals surface area contributed by atoms with Crippen molar-refractivity contribution in [3.63, 3.8) is 0 Å². The topological polar surface area (TPSA) is 49.6 Å². The molecule has 0 aliphatic carbocycles. The monoisotopic (exact) mass is 401 g/mol. The summed E-state index contributed by atoms with van der Waals surface area (Å²) in [6.45, 7) is 8.92. The van der Waals surface area contributed by atoms with Gasteiger partial charge in [0.05, 0.1) is 6.54 Å². The molecule has 2 aromatic rings. The van der Waals surface area contributed by atoms with Gasteiger partial charge in [0.1, 0.15) is 0 Å². The number of nitrogens with two attached hydrogens (primary N) is 1. The minimum absolute atomic E-state index is 0. The molecular formula is C23H32ClN3O. The van der Waals surface area contributed by atoms with Crippen molar-refractivity contribution in [2.24, 2.45) is 5.73 Å². The molecule has 5 heteroatoms. The van der Waals surface area contributed by atoms with E-state index in [4.69, 9.17) is 5.73 Å². The zero-order valence-electron chi connectivity index (χ0n) is 17.0. The van der Waals surface area contributed by atoms with Crippen LogP contribution < -0.4 is 5.73 Å². The third-order valence-electron chi connectivity index (χ3n) is 5.32. The third-order valence-corrected chi connectivity index (χ3v) is 5.32. The second-order valence-corrected chi connectivity index (χ2v) is 8.51. The van der Waals surface area contributed by atoms with Gasteiger partial charge in [0.2, 0.25) is 5.91 Å². The fourth-order valence-electron chi connectivity index (χ4n) is 3.84. The van der Waals surface area contributed by atoms with Gasteiger partial charge in [-0.2, -0.15) is 0 Å². The number of carbonyl (C=O) groups is 1. The molecule has 0 saturated carbocycles. The van der Waals surface area contributed by atoms with Crippen LogP contribution in [-0.2, 0) is 11.3 Å². The van der Waals surface area contributed by atoms with Crippen LogP contribution in [0.25, 0.3) is 0 Å². The van der Waals surface area contributed by atoms with E-state index in [-0.39, 0.29) is 35.8 Å². The zero-order valence-corrected chi connectivity index (χ0v) is 17.9. The Labute approximate surface area is 175 Å². The Morgan fingerprint density at radius 3 is 2.18 bits per heavy atom. The summed E-state index contributed by atoms with van der Waals surface area (Å²) in [5, 5.41) is 0. The molecule has 152 valence electrons. The van der Waals surface area contributed by atoms with Crippen LogP contribution in [-0.4, -0.2) is 46.9 Å². The fraction of sp³-hybridized carbons (Fsp3) is 0.435. The van der Waals surface area contributed by atoms with Gasteiger partial charge in [-0.3, -0.25) is 9.69 Å². The predicted molar refractivity (Wildman–Crippen MR) is 118 cm³/mol. The summed E-state index contributed by atoms with van der Waals surface area (Å²) in [5.74, 6) is 0.448. The number of rotatable bonds is 5. The average Bonchev–Trinajstić information content (AvgIpc) is 3.00. The molecule has 0 bridgehead atoms. The Kier molecular flexibility index (Phi) is 7.64. The maximum Gasteiger partial charge on any atom is 0.237 e. The van der Waals surface area contributed by atoms with Crippen molar-refractivity contribution >= 4 is 18.3 Å². The Balaban J connectivity index is 0.00000280. The van der Waals surface area contributed by atoms with Crippen LogP contribution in [0.1, 0.15) is 37.8 Å². The van der Waals surface area contributed by atoms with Gasteiger partial charge < -0.3 is 10.6 Å². The Bertz CT molecular complexity index is 745. The van der Waals surface area contributed by atoms with Gasteiger partial charge in [-0.25, -0.2) is 0 Å². The van der Waals surface area contributed by atoms with Gasteiger partial charge in [-0.1, -0.05) is 60.7 Å². The zero-order chi connectivity index (χ0) is 19.4. The Morgan fingerprint density at radius 1 is 1.04 bits per heavy atom. The molecule has 1 fully saturated rings. The first-order valence-electron chi connectivity index (χ1n) is 9.72. The maximum absolute atomic E-state index is 13.1. The molecule has 2 aromatic carbocycles. The number of nitrogens with zero attached hydrogens (tertiary/aromatic N) is 2. The van der Waals surface area contributed by atoms with Crippen molar-refractivity contribution in [3.05, 3.63) is 71.8 Å². The predicted octanol–water partition coefficient (Wildman–Crippen LogP) is 3.66. The second kappa shape index (κ2) is 9.55. The minimum atomic E-state index is -0.229. The summed E-state index contributed by atoms with van der Waals surface area (Å²) in [6, 6.07) is 20.6. The fourth-order valence-corrected chi connectivity index (χ4v) is 3.84. The molecule has 1 heterocycles. The van der Waals surface area contributed by atoms with E-state index in [0.717, 1.165) is 18.7 Å². The Hall–Kier alpha value is -1.88. The van der Waals surface area contributed by atoms with Crippen molar-refractivity contribution in [2.75, 3.05) is 19.6 Å². The van der Waals surface area contributed by atoms with Crippen molar-refractivity contribution < 1.29 is 4.79 Å². The second-order valence-electron chi connectivity index (χ2n) is 8.51. The lowest BCUT2D eigenvalue weighted by Crippen LogP contribution is -2.49. The number of amides is 1. The van der Waals surface area contributed by atoms with Crippen molar-refractivity contribution in [2.45, 2.75) is 44.8 Å². The lowest BCUT2D eigenvalue weighted by atomic mass is 9.95. The molecule has 1 aliphatic heterocycles. The number of hydrogen-bond donors (Lipinski definition) is 1. The number of benzene rings is 2. The van der Waals surface area contributed by atoms with Crippen LogP contribution in [0.4, 0.5) is 0 Å². The molecular weight excluding hydrogens is 370 g/mol. The van der Waals surface area contributed by atoms with E-state index in [2.05, 4.69) is 62.1 Å². The molecule has 4 nitrogen and oxygen atoms in total. The highest BCUT2D eigenvalue weighted by Gasteiger charge is 2.34. The molecule has 1 amide bonds. The lowest BCUT2D eigenvalue weighted by molar-refractivity contribution is -0.137. The summed E-state index contributed by atoms with van der Waals surface area (Å²) >= 11 is 0. The molecule has 0 radical (unpaired) electrons. The van der Waals surface area contributed by atoms with E-state index in [0.29, 0.717) is 13.1 Å². The molecule has 0 spiro atoms. The van der Waals surface area contributed by atoms with E-state index >= 15 is 0 Å². The highest BCUT2D eigenvalue weighted by Crippen LogP contribution is 2.27. The minimum Gasteiger partial charge on any atom is -0.332 e. The quantitative estimate of drug-likeness (QED) is 0.831. The van der Waals surface area contributed by atoms with Crippen molar-refractivity contribution in [3.8, 4) is 0 Å². The largest absolute Gasteiger partial charge is 0.332 e. The smallest absolute Gasteiger partial charge is 0.237 e. The molecule has 2 N–H and O–H groups in total. The van der Waals surface area contributed by atoms with E-state index in [9.17, 15) is 4.79 Å². The number of likely N-dealkylation sites (tertiary alicyclic amines) is 1. The standard InChI is InChI=1S/C23H31N3O.ClH/c1-23(2,3)26(14-18-10-6-4-7-11-18)22(27)17-25-15-20(21(24)16-25)19-12-8-5-9-13-19;/h4-13,20-21H,14-17,24H2,1-3H3;1H/t20-,21+;/m0./s1. The maximum atomic E-state index is 13.1. The van der Waals surface area contributed by atoms with Crippen LogP contribution in [0.15, 0.2) is 60.7 Å². The molecule has 28 heavy (non-hydrogen) atoms. The number of carbonyl (C=O) groups excluding carboxylic acids is 1. The molecule has 2 atom stereocenters. The van der Waals surface area contributed by atoms with Crippen LogP contribution >= 0.6 is 12.4 Å². The van der Waals surface area contributed by atoms with Gasteiger partial charge in [-0.05, 0) is 31.9 Å². The summed E-state index contributed by atoms with van der Waals surface area (Å²) in [4.78, 5) is 17.3. The number of halogens is 1. The first kappa shape index (κ1) is 22.4. The van der Waals surface area contributed by atoms with Crippen molar-refractivity contribution in [1.82, 2.24) is 9.80 Å².